The zero-order valence-corrected chi connectivity index (χ0v) is 20.1. The van der Waals surface area contributed by atoms with Crippen LogP contribution in [0.15, 0.2) is 64.5 Å². The zero-order chi connectivity index (χ0) is 23.4. The molecular weight excluding hydrogens is 458 g/mol. The molecule has 1 N–H and O–H groups in total. The highest BCUT2D eigenvalue weighted by Crippen LogP contribution is 2.32. The Morgan fingerprint density at radius 1 is 1.12 bits per heavy atom. The Morgan fingerprint density at radius 2 is 1.91 bits per heavy atom. The number of fused-ring (bicyclic) bond motifs is 1. The number of nitrogens with one attached hydrogen (secondary N) is 1. The number of thioether (sulfide) groups is 1. The lowest BCUT2D eigenvalue weighted by Crippen LogP contribution is -2.22. The first-order valence-corrected chi connectivity index (χ1v) is 12.1. The van der Waals surface area contributed by atoms with Gasteiger partial charge in [-0.1, -0.05) is 42.1 Å². The van der Waals surface area contributed by atoms with Crippen LogP contribution in [0.2, 0.25) is 0 Å². The van der Waals surface area contributed by atoms with E-state index < -0.39 is 0 Å². The van der Waals surface area contributed by atoms with E-state index in [2.05, 4.69) is 5.32 Å². The highest BCUT2D eigenvalue weighted by atomic mass is 32.2. The molecule has 7 nitrogen and oxygen atoms in total. The van der Waals surface area contributed by atoms with Crippen molar-refractivity contribution in [3.05, 3.63) is 65.0 Å². The number of thiophene rings is 1. The molecule has 0 aliphatic carbocycles. The fourth-order valence-corrected chi connectivity index (χ4v) is 5.27. The fraction of sp³-hybridized carbons (Fsp3) is 0.208. The molecule has 9 heteroatoms. The van der Waals surface area contributed by atoms with Crippen molar-refractivity contribution in [1.82, 2.24) is 9.55 Å². The number of nitrogens with zero attached hydrogens (tertiary/aromatic N) is 2. The van der Waals surface area contributed by atoms with E-state index >= 15 is 0 Å². The van der Waals surface area contributed by atoms with E-state index in [0.29, 0.717) is 39.1 Å². The first kappa shape index (κ1) is 22.9. The van der Waals surface area contributed by atoms with Crippen LogP contribution in [0.4, 0.5) is 5.69 Å². The van der Waals surface area contributed by atoms with Crippen LogP contribution in [0.1, 0.15) is 6.92 Å². The molecule has 0 unspecified atom stereocenters. The highest BCUT2D eigenvalue weighted by molar-refractivity contribution is 7.99. The lowest BCUT2D eigenvalue weighted by molar-refractivity contribution is -0.113. The van der Waals surface area contributed by atoms with Crippen LogP contribution in [-0.4, -0.2) is 35.4 Å². The van der Waals surface area contributed by atoms with Crippen molar-refractivity contribution in [1.29, 1.82) is 0 Å². The summed E-state index contributed by atoms with van der Waals surface area (Å²) in [6, 6.07) is 17.0. The van der Waals surface area contributed by atoms with Crippen LogP contribution in [0.5, 0.6) is 11.5 Å². The first-order chi connectivity index (χ1) is 16.0. The average molecular weight is 482 g/mol. The molecule has 170 valence electrons. The summed E-state index contributed by atoms with van der Waals surface area (Å²) in [5.41, 5.74) is 2.12. The van der Waals surface area contributed by atoms with Gasteiger partial charge in [-0.2, -0.15) is 0 Å². The molecule has 4 aromatic rings. The molecular formula is C24H23N3O4S2. The van der Waals surface area contributed by atoms with Crippen LogP contribution >= 0.6 is 23.1 Å². The van der Waals surface area contributed by atoms with Gasteiger partial charge < -0.3 is 14.8 Å². The molecule has 0 aliphatic rings. The molecule has 0 fully saturated rings. The minimum Gasteiger partial charge on any atom is -0.497 e. The van der Waals surface area contributed by atoms with Crippen molar-refractivity contribution in [2.75, 3.05) is 25.3 Å². The van der Waals surface area contributed by atoms with Gasteiger partial charge in [0, 0.05) is 17.5 Å². The zero-order valence-electron chi connectivity index (χ0n) is 18.5. The third-order valence-electron chi connectivity index (χ3n) is 4.99. The second-order valence-corrected chi connectivity index (χ2v) is 9.03. The summed E-state index contributed by atoms with van der Waals surface area (Å²) in [6.45, 7) is 2.36. The van der Waals surface area contributed by atoms with Crippen LogP contribution in [0.25, 0.3) is 20.7 Å². The third-order valence-corrected chi connectivity index (χ3v) is 7.12. The van der Waals surface area contributed by atoms with E-state index in [1.165, 1.54) is 30.2 Å². The maximum Gasteiger partial charge on any atom is 0.272 e. The van der Waals surface area contributed by atoms with Crippen LogP contribution in [0.3, 0.4) is 0 Å². The summed E-state index contributed by atoms with van der Waals surface area (Å²) in [7, 11) is 3.10. The number of hydrogen-bond acceptors (Lipinski definition) is 7. The molecule has 0 spiro atoms. The maximum atomic E-state index is 13.1. The molecule has 0 saturated heterocycles. The van der Waals surface area contributed by atoms with E-state index in [1.807, 2.05) is 43.3 Å². The molecule has 0 radical (unpaired) electrons. The number of ether oxygens (including phenoxy) is 2. The predicted molar refractivity (Wildman–Crippen MR) is 134 cm³/mol. The average Bonchev–Trinajstić information content (AvgIpc) is 3.28. The molecule has 2 aromatic carbocycles. The summed E-state index contributed by atoms with van der Waals surface area (Å²) < 4.78 is 12.8. The smallest absolute Gasteiger partial charge is 0.272 e. The molecule has 0 atom stereocenters. The lowest BCUT2D eigenvalue weighted by Gasteiger charge is -2.12. The summed E-state index contributed by atoms with van der Waals surface area (Å²) >= 11 is 2.67. The van der Waals surface area contributed by atoms with Gasteiger partial charge in [-0.05, 0) is 30.7 Å². The summed E-state index contributed by atoms with van der Waals surface area (Å²) in [5.74, 6) is 0.996. The van der Waals surface area contributed by atoms with Gasteiger partial charge in [-0.25, -0.2) is 4.98 Å². The van der Waals surface area contributed by atoms with E-state index in [-0.39, 0.29) is 17.2 Å². The number of anilines is 1. The number of rotatable bonds is 8. The quantitative estimate of drug-likeness (QED) is 0.285. The second-order valence-electron chi connectivity index (χ2n) is 7.04. The van der Waals surface area contributed by atoms with E-state index in [4.69, 9.17) is 14.5 Å². The standard InChI is InChI=1S/C24H23N3O4S2/c1-4-27-23(29)22-18(13-20(33-22)15-8-6-5-7-9-15)26-24(27)32-14-21(28)25-17-12-16(30-2)10-11-19(17)31-3/h5-13H,4,14H2,1-3H3,(H,25,28). The van der Waals surface area contributed by atoms with Gasteiger partial charge in [-0.3, -0.25) is 14.2 Å². The SMILES string of the molecule is CCn1c(SCC(=O)Nc2cc(OC)ccc2OC)nc2cc(-c3ccccc3)sc2c1=O. The monoisotopic (exact) mass is 481 g/mol. The van der Waals surface area contributed by atoms with E-state index in [0.717, 1.165) is 10.4 Å². The van der Waals surface area contributed by atoms with Crippen molar-refractivity contribution in [3.63, 3.8) is 0 Å². The molecule has 0 saturated carbocycles. The maximum absolute atomic E-state index is 13.1. The highest BCUT2D eigenvalue weighted by Gasteiger charge is 2.16. The molecule has 0 aliphatic heterocycles. The third kappa shape index (κ3) is 4.89. The van der Waals surface area contributed by atoms with Crippen LogP contribution < -0.4 is 20.3 Å². The molecule has 2 aromatic heterocycles. The first-order valence-electron chi connectivity index (χ1n) is 10.3. The van der Waals surface area contributed by atoms with Gasteiger partial charge in [0.25, 0.3) is 5.56 Å². The van der Waals surface area contributed by atoms with Crippen molar-refractivity contribution in [3.8, 4) is 21.9 Å². The van der Waals surface area contributed by atoms with Crippen molar-refractivity contribution in [2.24, 2.45) is 0 Å². The van der Waals surface area contributed by atoms with Gasteiger partial charge in [0.05, 0.1) is 31.2 Å². The van der Waals surface area contributed by atoms with Gasteiger partial charge in [0.2, 0.25) is 5.91 Å². The van der Waals surface area contributed by atoms with Crippen molar-refractivity contribution >= 4 is 44.9 Å². The lowest BCUT2D eigenvalue weighted by atomic mass is 10.2. The normalized spacial score (nSPS) is 10.9. The van der Waals surface area contributed by atoms with Crippen LogP contribution in [0, 0.1) is 0 Å². The van der Waals surface area contributed by atoms with Gasteiger partial charge >= 0.3 is 0 Å². The second kappa shape index (κ2) is 10.1. The van der Waals surface area contributed by atoms with Crippen molar-refractivity contribution < 1.29 is 14.3 Å². The van der Waals surface area contributed by atoms with Crippen LogP contribution in [-0.2, 0) is 11.3 Å². The number of methoxy groups -OCH3 is 2. The summed E-state index contributed by atoms with van der Waals surface area (Å²) in [5, 5.41) is 3.36. The number of amides is 1. The van der Waals surface area contributed by atoms with Crippen molar-refractivity contribution in [2.45, 2.75) is 18.6 Å². The molecule has 0 bridgehead atoms. The van der Waals surface area contributed by atoms with E-state index in [9.17, 15) is 9.59 Å². The Kier molecular flexibility index (Phi) is 7.00. The molecule has 4 rings (SSSR count). The fourth-order valence-electron chi connectivity index (χ4n) is 3.35. The predicted octanol–water partition coefficient (Wildman–Crippen LogP) is 4.89. The number of hydrogen-bond donors (Lipinski definition) is 1. The minimum absolute atomic E-state index is 0.0907. The number of aromatic nitrogens is 2. The Hall–Kier alpha value is -3.30. The molecule has 33 heavy (non-hydrogen) atoms. The Bertz CT molecular complexity index is 1350. The Labute approximate surface area is 199 Å². The molecule has 1 amide bonds. The number of carbonyl (C=O) groups excluding carboxylic acids is 1. The number of carbonyl (C=O) groups is 1. The van der Waals surface area contributed by atoms with Gasteiger partial charge in [0.15, 0.2) is 5.16 Å². The topological polar surface area (TPSA) is 82.5 Å². The Balaban J connectivity index is 1.57. The van der Waals surface area contributed by atoms with E-state index in [1.54, 1.807) is 29.9 Å². The van der Waals surface area contributed by atoms with Gasteiger partial charge in [-0.15, -0.1) is 11.3 Å². The largest absolute Gasteiger partial charge is 0.497 e. The summed E-state index contributed by atoms with van der Waals surface area (Å²) in [6.07, 6.45) is 0. The number of benzene rings is 2. The van der Waals surface area contributed by atoms with Gasteiger partial charge in [0.1, 0.15) is 16.2 Å². The molecule has 2 heterocycles. The summed E-state index contributed by atoms with van der Waals surface area (Å²) in [4.78, 5) is 31.4. The minimum atomic E-state index is -0.237. The Morgan fingerprint density at radius 3 is 2.61 bits per heavy atom.